The van der Waals surface area contributed by atoms with Gasteiger partial charge in [0.05, 0.1) is 11.6 Å². The quantitative estimate of drug-likeness (QED) is 0.867. The lowest BCUT2D eigenvalue weighted by atomic mass is 9.86. The summed E-state index contributed by atoms with van der Waals surface area (Å²) in [6, 6.07) is 5.47. The molecule has 0 unspecified atom stereocenters. The molecule has 1 aromatic carbocycles. The minimum absolute atomic E-state index is 0.178. The topological polar surface area (TPSA) is 49.3 Å². The molecule has 98 valence electrons. The number of hydrogen-bond acceptors (Lipinski definition) is 2. The number of aliphatic carboxylic acids is 1. The zero-order chi connectivity index (χ0) is 13.1. The van der Waals surface area contributed by atoms with Crippen molar-refractivity contribution >= 4 is 11.7 Å². The van der Waals surface area contributed by atoms with E-state index >= 15 is 0 Å². The zero-order valence-electron chi connectivity index (χ0n) is 10.4. The van der Waals surface area contributed by atoms with Crippen molar-refractivity contribution in [1.29, 1.82) is 0 Å². The van der Waals surface area contributed by atoms with Gasteiger partial charge in [0.2, 0.25) is 0 Å². The Kier molecular flexibility index (Phi) is 3.84. The van der Waals surface area contributed by atoms with Crippen molar-refractivity contribution in [2.75, 3.05) is 5.32 Å². The van der Waals surface area contributed by atoms with E-state index in [2.05, 4.69) is 5.32 Å². The van der Waals surface area contributed by atoms with Crippen LogP contribution in [-0.2, 0) is 4.79 Å². The summed E-state index contributed by atoms with van der Waals surface area (Å²) in [7, 11) is 0. The van der Waals surface area contributed by atoms with E-state index < -0.39 is 5.97 Å². The fourth-order valence-electron chi connectivity index (χ4n) is 2.46. The average molecular weight is 251 g/mol. The van der Waals surface area contributed by atoms with Crippen LogP contribution in [0.2, 0.25) is 0 Å². The molecule has 18 heavy (non-hydrogen) atoms. The number of rotatable bonds is 3. The van der Waals surface area contributed by atoms with E-state index in [1.807, 2.05) is 6.07 Å². The predicted octanol–water partition coefficient (Wildman–Crippen LogP) is 3.19. The predicted molar refractivity (Wildman–Crippen MR) is 68.1 cm³/mol. The number of nitrogens with one attached hydrogen (secondary N) is 1. The Labute approximate surface area is 106 Å². The molecule has 0 amide bonds. The highest BCUT2D eigenvalue weighted by Crippen LogP contribution is 2.28. The van der Waals surface area contributed by atoms with Gasteiger partial charge in [-0.05, 0) is 44.2 Å². The SMILES string of the molecule is Cc1cccc(NC2CCC(C(=O)O)CC2)c1F. The molecular weight excluding hydrogens is 233 g/mol. The van der Waals surface area contributed by atoms with Crippen LogP contribution in [0.15, 0.2) is 18.2 Å². The Morgan fingerprint density at radius 3 is 2.61 bits per heavy atom. The van der Waals surface area contributed by atoms with Crippen LogP contribution in [-0.4, -0.2) is 17.1 Å². The summed E-state index contributed by atoms with van der Waals surface area (Å²) in [5, 5.41) is 12.1. The minimum Gasteiger partial charge on any atom is -0.481 e. The zero-order valence-corrected chi connectivity index (χ0v) is 10.4. The highest BCUT2D eigenvalue weighted by Gasteiger charge is 2.26. The van der Waals surface area contributed by atoms with Crippen molar-refractivity contribution in [2.24, 2.45) is 5.92 Å². The van der Waals surface area contributed by atoms with Crippen LogP contribution >= 0.6 is 0 Å². The van der Waals surface area contributed by atoms with Crippen molar-refractivity contribution in [3.8, 4) is 0 Å². The van der Waals surface area contributed by atoms with E-state index in [0.29, 0.717) is 24.1 Å². The van der Waals surface area contributed by atoms with Gasteiger partial charge >= 0.3 is 5.97 Å². The van der Waals surface area contributed by atoms with Gasteiger partial charge < -0.3 is 10.4 Å². The average Bonchev–Trinajstić information content (AvgIpc) is 2.36. The van der Waals surface area contributed by atoms with Gasteiger partial charge in [0.15, 0.2) is 0 Å². The van der Waals surface area contributed by atoms with Crippen molar-refractivity contribution in [1.82, 2.24) is 0 Å². The van der Waals surface area contributed by atoms with Crippen molar-refractivity contribution in [3.63, 3.8) is 0 Å². The van der Waals surface area contributed by atoms with Crippen molar-refractivity contribution in [2.45, 2.75) is 38.6 Å². The minimum atomic E-state index is -0.713. The third-order valence-corrected chi connectivity index (χ3v) is 3.63. The highest BCUT2D eigenvalue weighted by molar-refractivity contribution is 5.70. The van der Waals surface area contributed by atoms with E-state index in [1.165, 1.54) is 0 Å². The lowest BCUT2D eigenvalue weighted by Crippen LogP contribution is -2.29. The molecule has 2 rings (SSSR count). The number of aryl methyl sites for hydroxylation is 1. The molecule has 0 heterocycles. The van der Waals surface area contributed by atoms with Gasteiger partial charge in [0, 0.05) is 6.04 Å². The molecule has 3 nitrogen and oxygen atoms in total. The molecule has 1 fully saturated rings. The molecule has 2 N–H and O–H groups in total. The van der Waals surface area contributed by atoms with Crippen molar-refractivity contribution in [3.05, 3.63) is 29.6 Å². The Bertz CT molecular complexity index is 439. The maximum Gasteiger partial charge on any atom is 0.306 e. The molecule has 4 heteroatoms. The van der Waals surface area contributed by atoms with Gasteiger partial charge in [-0.25, -0.2) is 4.39 Å². The Morgan fingerprint density at radius 2 is 2.00 bits per heavy atom. The molecule has 1 aliphatic carbocycles. The Morgan fingerprint density at radius 1 is 1.33 bits per heavy atom. The summed E-state index contributed by atoms with van der Waals surface area (Å²) in [4.78, 5) is 10.8. The van der Waals surface area contributed by atoms with Gasteiger partial charge in [0.1, 0.15) is 5.82 Å². The molecule has 1 saturated carbocycles. The molecule has 0 saturated heterocycles. The van der Waals surface area contributed by atoms with Gasteiger partial charge in [-0.1, -0.05) is 12.1 Å². The van der Waals surface area contributed by atoms with E-state index in [4.69, 9.17) is 5.11 Å². The van der Waals surface area contributed by atoms with E-state index in [9.17, 15) is 9.18 Å². The standard InChI is InChI=1S/C14H18FNO2/c1-9-3-2-4-12(13(9)15)16-11-7-5-10(6-8-11)14(17)18/h2-4,10-11,16H,5-8H2,1H3,(H,17,18). The summed E-state index contributed by atoms with van der Waals surface area (Å²) in [5.41, 5.74) is 1.15. The number of hydrogen-bond donors (Lipinski definition) is 2. The molecule has 1 aliphatic rings. The summed E-state index contributed by atoms with van der Waals surface area (Å²) >= 11 is 0. The first-order valence-electron chi connectivity index (χ1n) is 6.32. The largest absolute Gasteiger partial charge is 0.481 e. The fraction of sp³-hybridized carbons (Fsp3) is 0.500. The number of carbonyl (C=O) groups is 1. The number of benzene rings is 1. The molecule has 0 spiro atoms. The summed E-state index contributed by atoms with van der Waals surface area (Å²) in [6.07, 6.45) is 2.90. The van der Waals surface area contributed by atoms with E-state index in [1.54, 1.807) is 19.1 Å². The summed E-state index contributed by atoms with van der Waals surface area (Å²) < 4.78 is 13.8. The van der Waals surface area contributed by atoms with Crippen LogP contribution in [0.3, 0.4) is 0 Å². The maximum absolute atomic E-state index is 13.8. The van der Waals surface area contributed by atoms with Crippen LogP contribution in [0.25, 0.3) is 0 Å². The molecular formula is C14H18FNO2. The lowest BCUT2D eigenvalue weighted by Gasteiger charge is -2.27. The van der Waals surface area contributed by atoms with Crippen LogP contribution in [0.5, 0.6) is 0 Å². The van der Waals surface area contributed by atoms with Gasteiger partial charge in [-0.15, -0.1) is 0 Å². The summed E-state index contributed by atoms with van der Waals surface area (Å²) in [6.45, 7) is 1.74. The van der Waals surface area contributed by atoms with E-state index in [0.717, 1.165) is 12.8 Å². The van der Waals surface area contributed by atoms with Gasteiger partial charge in [-0.2, -0.15) is 0 Å². The first kappa shape index (κ1) is 12.9. The first-order chi connectivity index (χ1) is 8.58. The third-order valence-electron chi connectivity index (χ3n) is 3.63. The maximum atomic E-state index is 13.8. The normalized spacial score (nSPS) is 23.7. The van der Waals surface area contributed by atoms with Crippen LogP contribution in [0, 0.1) is 18.7 Å². The summed E-state index contributed by atoms with van der Waals surface area (Å²) in [5.74, 6) is -1.15. The molecule has 0 aliphatic heterocycles. The Hall–Kier alpha value is -1.58. The molecule has 0 bridgehead atoms. The second-order valence-corrected chi connectivity index (χ2v) is 4.97. The number of halogens is 1. The second kappa shape index (κ2) is 5.38. The smallest absolute Gasteiger partial charge is 0.306 e. The molecule has 0 radical (unpaired) electrons. The highest BCUT2D eigenvalue weighted by atomic mass is 19.1. The monoisotopic (exact) mass is 251 g/mol. The first-order valence-corrected chi connectivity index (χ1v) is 6.32. The fourth-order valence-corrected chi connectivity index (χ4v) is 2.46. The van der Waals surface area contributed by atoms with Crippen LogP contribution in [0.1, 0.15) is 31.2 Å². The molecule has 0 atom stereocenters. The lowest BCUT2D eigenvalue weighted by molar-refractivity contribution is -0.142. The van der Waals surface area contributed by atoms with E-state index in [-0.39, 0.29) is 17.8 Å². The van der Waals surface area contributed by atoms with Crippen molar-refractivity contribution < 1.29 is 14.3 Å². The number of carboxylic acids is 1. The van der Waals surface area contributed by atoms with Crippen LogP contribution < -0.4 is 5.32 Å². The number of carboxylic acid groups (broad SMARTS) is 1. The van der Waals surface area contributed by atoms with Gasteiger partial charge in [-0.3, -0.25) is 4.79 Å². The third kappa shape index (κ3) is 2.81. The van der Waals surface area contributed by atoms with Crippen LogP contribution in [0.4, 0.5) is 10.1 Å². The second-order valence-electron chi connectivity index (χ2n) is 4.97. The molecule has 1 aromatic rings. The van der Waals surface area contributed by atoms with Gasteiger partial charge in [0.25, 0.3) is 0 Å². The molecule has 0 aromatic heterocycles. The number of anilines is 1. The Balaban J connectivity index is 1.96.